The third kappa shape index (κ3) is 3.72. The molecule has 1 aromatic rings. The highest BCUT2D eigenvalue weighted by Crippen LogP contribution is 2.23. The molecule has 18 heavy (non-hydrogen) atoms. The van der Waals surface area contributed by atoms with E-state index in [0.29, 0.717) is 18.0 Å². The minimum atomic E-state index is -0.924. The van der Waals surface area contributed by atoms with Crippen LogP contribution in [0.15, 0.2) is 24.3 Å². The van der Waals surface area contributed by atoms with Crippen molar-refractivity contribution in [2.24, 2.45) is 11.7 Å². The number of rotatable bonds is 6. The quantitative estimate of drug-likeness (QED) is 0.818. The average Bonchev–Trinajstić information content (AvgIpc) is 2.29. The van der Waals surface area contributed by atoms with Crippen molar-refractivity contribution in [2.45, 2.75) is 39.2 Å². The van der Waals surface area contributed by atoms with Gasteiger partial charge in [-0.05, 0) is 37.8 Å². The van der Waals surface area contributed by atoms with Gasteiger partial charge in [-0.15, -0.1) is 0 Å². The molecule has 0 aliphatic carbocycles. The molecule has 1 atom stereocenters. The third-order valence-electron chi connectivity index (χ3n) is 3.05. The van der Waals surface area contributed by atoms with Crippen molar-refractivity contribution >= 4 is 11.6 Å². The van der Waals surface area contributed by atoms with Crippen molar-refractivity contribution in [1.82, 2.24) is 0 Å². The lowest BCUT2D eigenvalue weighted by atomic mass is 9.91. The molecule has 0 spiro atoms. The number of benzene rings is 1. The van der Waals surface area contributed by atoms with Crippen molar-refractivity contribution in [3.8, 4) is 0 Å². The first kappa shape index (κ1) is 14.5. The molecule has 1 aromatic carbocycles. The van der Waals surface area contributed by atoms with Gasteiger partial charge >= 0.3 is 0 Å². The van der Waals surface area contributed by atoms with E-state index in [2.05, 4.69) is 19.2 Å². The van der Waals surface area contributed by atoms with E-state index in [1.807, 2.05) is 0 Å². The monoisotopic (exact) mass is 252 g/mol. The third-order valence-corrected chi connectivity index (χ3v) is 3.05. The lowest BCUT2D eigenvalue weighted by Gasteiger charge is -2.29. The minimum absolute atomic E-state index is 0.308. The SMILES string of the molecule is CC(C)CCC(C)(Nc1ccccc1F)C(N)=O. The van der Waals surface area contributed by atoms with Crippen LogP contribution in [0.5, 0.6) is 0 Å². The van der Waals surface area contributed by atoms with E-state index in [0.717, 1.165) is 6.42 Å². The Morgan fingerprint density at radius 3 is 2.56 bits per heavy atom. The van der Waals surface area contributed by atoms with Crippen molar-refractivity contribution in [2.75, 3.05) is 5.32 Å². The van der Waals surface area contributed by atoms with E-state index in [1.165, 1.54) is 6.07 Å². The Kier molecular flexibility index (Phi) is 4.70. The Balaban J connectivity index is 2.86. The van der Waals surface area contributed by atoms with E-state index >= 15 is 0 Å². The molecule has 1 amide bonds. The maximum Gasteiger partial charge on any atom is 0.242 e. The average molecular weight is 252 g/mol. The smallest absolute Gasteiger partial charge is 0.242 e. The van der Waals surface area contributed by atoms with Crippen LogP contribution >= 0.6 is 0 Å². The zero-order valence-corrected chi connectivity index (χ0v) is 11.2. The molecule has 0 fully saturated rings. The largest absolute Gasteiger partial charge is 0.369 e. The van der Waals surface area contributed by atoms with Crippen LogP contribution in [0.4, 0.5) is 10.1 Å². The summed E-state index contributed by atoms with van der Waals surface area (Å²) in [5.41, 5.74) is 4.81. The van der Waals surface area contributed by atoms with Crippen molar-refractivity contribution in [3.05, 3.63) is 30.1 Å². The number of anilines is 1. The topological polar surface area (TPSA) is 55.1 Å². The molecular weight excluding hydrogens is 231 g/mol. The van der Waals surface area contributed by atoms with E-state index in [9.17, 15) is 9.18 Å². The number of hydrogen-bond acceptors (Lipinski definition) is 2. The van der Waals surface area contributed by atoms with Gasteiger partial charge in [0.15, 0.2) is 0 Å². The summed E-state index contributed by atoms with van der Waals surface area (Å²) in [6, 6.07) is 6.28. The molecule has 0 heterocycles. The first-order valence-corrected chi connectivity index (χ1v) is 6.18. The normalized spacial score (nSPS) is 14.3. The molecule has 100 valence electrons. The maximum atomic E-state index is 13.6. The Morgan fingerprint density at radius 2 is 2.06 bits per heavy atom. The number of hydrogen-bond donors (Lipinski definition) is 2. The molecule has 3 nitrogen and oxygen atoms in total. The maximum absolute atomic E-state index is 13.6. The number of para-hydroxylation sites is 1. The lowest BCUT2D eigenvalue weighted by molar-refractivity contribution is -0.122. The van der Waals surface area contributed by atoms with Crippen LogP contribution < -0.4 is 11.1 Å². The van der Waals surface area contributed by atoms with E-state index in [4.69, 9.17) is 5.73 Å². The fraction of sp³-hybridized carbons (Fsp3) is 0.500. The van der Waals surface area contributed by atoms with Gasteiger partial charge in [0.05, 0.1) is 5.69 Å². The molecule has 4 heteroatoms. The number of carbonyl (C=O) groups is 1. The molecule has 3 N–H and O–H groups in total. The summed E-state index contributed by atoms with van der Waals surface area (Å²) in [7, 11) is 0. The zero-order valence-electron chi connectivity index (χ0n) is 11.2. The van der Waals surface area contributed by atoms with Crippen molar-refractivity contribution in [3.63, 3.8) is 0 Å². The zero-order chi connectivity index (χ0) is 13.8. The molecule has 0 aliphatic heterocycles. The summed E-state index contributed by atoms with van der Waals surface area (Å²) in [5.74, 6) is -0.382. The predicted molar refractivity (Wildman–Crippen MR) is 71.7 cm³/mol. The molecular formula is C14H21FN2O. The highest BCUT2D eigenvalue weighted by molar-refractivity contribution is 5.87. The summed E-state index contributed by atoms with van der Waals surface area (Å²) < 4.78 is 13.6. The first-order valence-electron chi connectivity index (χ1n) is 6.18. The van der Waals surface area contributed by atoms with Crippen LogP contribution in [0.3, 0.4) is 0 Å². The lowest BCUT2D eigenvalue weighted by Crippen LogP contribution is -2.48. The number of halogens is 1. The first-order chi connectivity index (χ1) is 8.35. The number of nitrogens with one attached hydrogen (secondary N) is 1. The molecule has 0 bridgehead atoms. The van der Waals surface area contributed by atoms with Gasteiger partial charge in [0, 0.05) is 0 Å². The van der Waals surface area contributed by atoms with Gasteiger partial charge in [-0.1, -0.05) is 26.0 Å². The van der Waals surface area contributed by atoms with Crippen LogP contribution in [-0.2, 0) is 4.79 Å². The van der Waals surface area contributed by atoms with Crippen LogP contribution in [0.1, 0.15) is 33.6 Å². The molecule has 1 rings (SSSR count). The molecule has 0 saturated carbocycles. The highest BCUT2D eigenvalue weighted by Gasteiger charge is 2.31. The van der Waals surface area contributed by atoms with Gasteiger partial charge in [-0.25, -0.2) is 4.39 Å². The second-order valence-corrected chi connectivity index (χ2v) is 5.23. The van der Waals surface area contributed by atoms with E-state index in [1.54, 1.807) is 25.1 Å². The van der Waals surface area contributed by atoms with Crippen molar-refractivity contribution < 1.29 is 9.18 Å². The standard InChI is InChI=1S/C14H21FN2O/c1-10(2)8-9-14(3,13(16)18)17-12-7-5-4-6-11(12)15/h4-7,10,17H,8-9H2,1-3H3,(H2,16,18). The van der Waals surface area contributed by atoms with Crippen LogP contribution in [0, 0.1) is 11.7 Å². The van der Waals surface area contributed by atoms with Gasteiger partial charge in [-0.2, -0.15) is 0 Å². The summed E-state index contributed by atoms with van der Waals surface area (Å²) in [4.78, 5) is 11.6. The van der Waals surface area contributed by atoms with Crippen LogP contribution in [0.2, 0.25) is 0 Å². The van der Waals surface area contributed by atoms with E-state index < -0.39 is 11.4 Å². The van der Waals surface area contributed by atoms with E-state index in [-0.39, 0.29) is 5.82 Å². The second kappa shape index (κ2) is 5.85. The summed E-state index contributed by atoms with van der Waals surface area (Å²) in [6.45, 7) is 5.86. The van der Waals surface area contributed by atoms with Gasteiger partial charge in [-0.3, -0.25) is 4.79 Å². The summed E-state index contributed by atoms with van der Waals surface area (Å²) in [6.07, 6.45) is 1.43. The summed E-state index contributed by atoms with van der Waals surface area (Å²) >= 11 is 0. The predicted octanol–water partition coefficient (Wildman–Crippen LogP) is 2.92. The van der Waals surface area contributed by atoms with Crippen molar-refractivity contribution in [1.29, 1.82) is 0 Å². The van der Waals surface area contributed by atoms with Crippen LogP contribution in [0.25, 0.3) is 0 Å². The Labute approximate surface area is 108 Å². The fourth-order valence-corrected chi connectivity index (χ4v) is 1.68. The molecule has 0 radical (unpaired) electrons. The molecule has 0 saturated heterocycles. The van der Waals surface area contributed by atoms with Gasteiger partial charge in [0.1, 0.15) is 11.4 Å². The van der Waals surface area contributed by atoms with Gasteiger partial charge in [0.25, 0.3) is 0 Å². The van der Waals surface area contributed by atoms with Gasteiger partial charge in [0.2, 0.25) is 5.91 Å². The highest BCUT2D eigenvalue weighted by atomic mass is 19.1. The number of nitrogens with two attached hydrogens (primary N) is 1. The summed E-state index contributed by atoms with van der Waals surface area (Å²) in [5, 5.41) is 2.93. The van der Waals surface area contributed by atoms with Gasteiger partial charge < -0.3 is 11.1 Å². The Morgan fingerprint density at radius 1 is 1.44 bits per heavy atom. The Bertz CT molecular complexity index is 420. The minimum Gasteiger partial charge on any atom is -0.369 e. The second-order valence-electron chi connectivity index (χ2n) is 5.23. The molecule has 0 aliphatic rings. The number of amides is 1. The number of carbonyl (C=O) groups excluding carboxylic acids is 1. The number of primary amides is 1. The molecule has 1 unspecified atom stereocenters. The molecule has 0 aromatic heterocycles. The van der Waals surface area contributed by atoms with Crippen LogP contribution in [-0.4, -0.2) is 11.4 Å². The fourth-order valence-electron chi connectivity index (χ4n) is 1.68. The Hall–Kier alpha value is -1.58.